The van der Waals surface area contributed by atoms with Crippen molar-refractivity contribution in [1.29, 1.82) is 0 Å². The number of anilines is 1. The number of amides is 1. The molecule has 0 aliphatic carbocycles. The number of aryl methyl sites for hydroxylation is 1. The number of nitrogens with zero attached hydrogens (tertiary/aromatic N) is 3. The molecule has 1 saturated heterocycles. The quantitative estimate of drug-likeness (QED) is 0.798. The first kappa shape index (κ1) is 13.7. The molecule has 0 spiro atoms. The lowest BCUT2D eigenvalue weighted by molar-refractivity contribution is -0.000550. The third-order valence-corrected chi connectivity index (χ3v) is 3.18. The molecule has 0 radical (unpaired) electrons. The number of alkyl halides is 2. The van der Waals surface area contributed by atoms with E-state index in [2.05, 4.69) is 5.10 Å². The van der Waals surface area contributed by atoms with Gasteiger partial charge in [0.1, 0.15) is 5.82 Å². The van der Waals surface area contributed by atoms with Gasteiger partial charge in [0.2, 0.25) is 0 Å². The number of hydrogen-bond donors (Lipinski definition) is 2. The second-order valence-electron chi connectivity index (χ2n) is 4.91. The Balaban J connectivity index is 2.27. The van der Waals surface area contributed by atoms with Crippen LogP contribution in [-0.4, -0.2) is 40.7 Å². The fourth-order valence-electron chi connectivity index (χ4n) is 2.30. The maximum absolute atomic E-state index is 13.7. The molecule has 1 aromatic rings. The zero-order chi connectivity index (χ0) is 14.2. The van der Waals surface area contributed by atoms with Gasteiger partial charge in [-0.05, 0) is 6.42 Å². The van der Waals surface area contributed by atoms with Crippen molar-refractivity contribution in [1.82, 2.24) is 9.78 Å². The van der Waals surface area contributed by atoms with E-state index in [4.69, 9.17) is 11.5 Å². The van der Waals surface area contributed by atoms with Crippen LogP contribution in [0.1, 0.15) is 23.3 Å². The summed E-state index contributed by atoms with van der Waals surface area (Å²) in [6, 6.07) is 0.902. The Morgan fingerprint density at radius 2 is 2.26 bits per heavy atom. The van der Waals surface area contributed by atoms with Gasteiger partial charge in [-0.15, -0.1) is 0 Å². The molecule has 1 aliphatic heterocycles. The Morgan fingerprint density at radius 1 is 1.58 bits per heavy atom. The maximum atomic E-state index is 13.7. The molecule has 106 valence electrons. The fraction of sp³-hybridized carbons (Fsp3) is 0.636. The first-order valence-electron chi connectivity index (χ1n) is 6.01. The monoisotopic (exact) mass is 273 g/mol. The molecule has 0 aromatic carbocycles. The molecular formula is C11H17F2N5O. The summed E-state index contributed by atoms with van der Waals surface area (Å²) < 4.78 is 28.8. The van der Waals surface area contributed by atoms with E-state index in [0.29, 0.717) is 18.8 Å². The summed E-state index contributed by atoms with van der Waals surface area (Å²) in [5, 5.41) is 3.91. The molecule has 19 heavy (non-hydrogen) atoms. The normalized spacial score (nSPS) is 23.2. The smallest absolute Gasteiger partial charge is 0.269 e. The summed E-state index contributed by atoms with van der Waals surface area (Å²) in [5.74, 6) is -3.09. The molecule has 2 heterocycles. The molecule has 0 bridgehead atoms. The number of halogens is 2. The maximum Gasteiger partial charge on any atom is 0.269 e. The lowest BCUT2D eigenvalue weighted by atomic mass is 10.1. The van der Waals surface area contributed by atoms with Gasteiger partial charge < -0.3 is 16.4 Å². The van der Waals surface area contributed by atoms with Gasteiger partial charge in [-0.2, -0.15) is 5.10 Å². The second-order valence-corrected chi connectivity index (χ2v) is 4.91. The van der Waals surface area contributed by atoms with E-state index in [9.17, 15) is 13.6 Å². The molecule has 1 amide bonds. The molecule has 0 saturated carbocycles. The average Bonchev–Trinajstić information content (AvgIpc) is 2.59. The van der Waals surface area contributed by atoms with E-state index < -0.39 is 24.4 Å². The summed E-state index contributed by atoms with van der Waals surface area (Å²) in [5.41, 5.74) is 10.8. The van der Waals surface area contributed by atoms with Gasteiger partial charge in [0.05, 0.1) is 6.54 Å². The van der Waals surface area contributed by atoms with Crippen LogP contribution in [0.15, 0.2) is 6.07 Å². The van der Waals surface area contributed by atoms with Gasteiger partial charge in [-0.25, -0.2) is 8.78 Å². The molecule has 8 heteroatoms. The van der Waals surface area contributed by atoms with Crippen molar-refractivity contribution in [3.8, 4) is 0 Å². The van der Waals surface area contributed by atoms with Crippen molar-refractivity contribution in [2.24, 2.45) is 18.5 Å². The zero-order valence-electron chi connectivity index (χ0n) is 10.6. The minimum Gasteiger partial charge on any atom is -0.364 e. The molecule has 1 aromatic heterocycles. The number of hydrogen-bond acceptors (Lipinski definition) is 4. The Bertz CT molecular complexity index is 487. The first-order chi connectivity index (χ1) is 8.78. The van der Waals surface area contributed by atoms with E-state index in [-0.39, 0.29) is 12.1 Å². The van der Waals surface area contributed by atoms with Gasteiger partial charge in [0.25, 0.3) is 11.8 Å². The van der Waals surface area contributed by atoms with Crippen molar-refractivity contribution >= 4 is 11.7 Å². The fourth-order valence-corrected chi connectivity index (χ4v) is 2.30. The highest BCUT2D eigenvalue weighted by atomic mass is 19.3. The molecule has 2 rings (SSSR count). The number of aromatic nitrogens is 2. The first-order valence-corrected chi connectivity index (χ1v) is 6.01. The Kier molecular flexibility index (Phi) is 3.44. The predicted octanol–water partition coefficient (Wildman–Crippen LogP) is 0.0818. The van der Waals surface area contributed by atoms with E-state index in [1.807, 2.05) is 0 Å². The van der Waals surface area contributed by atoms with Crippen LogP contribution in [0.4, 0.5) is 14.6 Å². The SMILES string of the molecule is Cn1nc(C(N)=O)cc1N1CC[C@@H](N)CC(F)(F)C1. The number of nitrogens with two attached hydrogens (primary N) is 2. The second kappa shape index (κ2) is 4.76. The Hall–Kier alpha value is -1.70. The van der Waals surface area contributed by atoms with Crippen LogP contribution in [-0.2, 0) is 7.05 Å². The van der Waals surface area contributed by atoms with Gasteiger partial charge >= 0.3 is 0 Å². The van der Waals surface area contributed by atoms with Crippen molar-refractivity contribution < 1.29 is 13.6 Å². The number of carbonyl (C=O) groups excluding carboxylic acids is 1. The molecule has 1 atom stereocenters. The summed E-state index contributed by atoms with van der Waals surface area (Å²) in [6.45, 7) is -0.0348. The molecule has 1 aliphatic rings. The number of carbonyl (C=O) groups is 1. The minimum atomic E-state index is -2.85. The van der Waals surface area contributed by atoms with Crippen LogP contribution in [0.5, 0.6) is 0 Å². The summed E-state index contributed by atoms with van der Waals surface area (Å²) in [7, 11) is 1.59. The van der Waals surface area contributed by atoms with Crippen molar-refractivity contribution in [2.75, 3.05) is 18.0 Å². The lowest BCUT2D eigenvalue weighted by Crippen LogP contribution is -2.36. The van der Waals surface area contributed by atoms with Crippen LogP contribution in [0, 0.1) is 0 Å². The highest BCUT2D eigenvalue weighted by molar-refractivity contribution is 5.91. The Morgan fingerprint density at radius 3 is 2.84 bits per heavy atom. The lowest BCUT2D eigenvalue weighted by Gasteiger charge is -2.25. The van der Waals surface area contributed by atoms with Crippen LogP contribution < -0.4 is 16.4 Å². The zero-order valence-corrected chi connectivity index (χ0v) is 10.6. The van der Waals surface area contributed by atoms with Crippen molar-refractivity contribution in [3.63, 3.8) is 0 Å². The van der Waals surface area contributed by atoms with Crippen LogP contribution in [0.3, 0.4) is 0 Å². The molecule has 1 fully saturated rings. The molecule has 6 nitrogen and oxygen atoms in total. The van der Waals surface area contributed by atoms with E-state index >= 15 is 0 Å². The van der Waals surface area contributed by atoms with Crippen LogP contribution >= 0.6 is 0 Å². The van der Waals surface area contributed by atoms with Crippen LogP contribution in [0.2, 0.25) is 0 Å². The van der Waals surface area contributed by atoms with Crippen molar-refractivity contribution in [2.45, 2.75) is 24.8 Å². The van der Waals surface area contributed by atoms with Gasteiger partial charge in [0, 0.05) is 32.1 Å². The summed E-state index contributed by atoms with van der Waals surface area (Å²) >= 11 is 0. The predicted molar refractivity (Wildman–Crippen MR) is 66.1 cm³/mol. The number of rotatable bonds is 2. The summed E-state index contributed by atoms with van der Waals surface area (Å²) in [6.07, 6.45) is 0.136. The van der Waals surface area contributed by atoms with Gasteiger partial charge in [0.15, 0.2) is 5.69 Å². The standard InChI is InChI=1S/C11H17F2N5O/c1-17-9(4-8(16-17)10(15)19)18-3-2-7(14)5-11(12,13)6-18/h4,7H,2-3,5-6,14H2,1H3,(H2,15,19)/t7-/m1/s1. The molecular weight excluding hydrogens is 256 g/mol. The average molecular weight is 273 g/mol. The molecule has 4 N–H and O–H groups in total. The third kappa shape index (κ3) is 3.01. The van der Waals surface area contributed by atoms with E-state index in [1.165, 1.54) is 15.6 Å². The number of primary amides is 1. The highest BCUT2D eigenvalue weighted by Gasteiger charge is 2.37. The highest BCUT2D eigenvalue weighted by Crippen LogP contribution is 2.29. The minimum absolute atomic E-state index is 0.0642. The third-order valence-electron chi connectivity index (χ3n) is 3.18. The van der Waals surface area contributed by atoms with E-state index in [0.717, 1.165) is 0 Å². The van der Waals surface area contributed by atoms with Crippen LogP contribution in [0.25, 0.3) is 0 Å². The van der Waals surface area contributed by atoms with Gasteiger partial charge in [-0.1, -0.05) is 0 Å². The van der Waals surface area contributed by atoms with Crippen molar-refractivity contribution in [3.05, 3.63) is 11.8 Å². The topological polar surface area (TPSA) is 90.2 Å². The molecule has 0 unspecified atom stereocenters. The summed E-state index contributed by atoms with van der Waals surface area (Å²) in [4.78, 5) is 12.5. The van der Waals surface area contributed by atoms with E-state index in [1.54, 1.807) is 7.05 Å². The Labute approximate surface area is 109 Å². The largest absolute Gasteiger partial charge is 0.364 e. The van der Waals surface area contributed by atoms with Gasteiger partial charge in [-0.3, -0.25) is 9.48 Å².